The molecule has 31 heavy (non-hydrogen) atoms. The van der Waals surface area contributed by atoms with Crippen molar-refractivity contribution in [1.29, 1.82) is 0 Å². The maximum atomic E-state index is 6.20. The minimum atomic E-state index is 0.768. The lowest BCUT2D eigenvalue weighted by Gasteiger charge is -2.26. The van der Waals surface area contributed by atoms with Crippen molar-refractivity contribution in [1.82, 2.24) is 0 Å². The first kappa shape index (κ1) is 19.7. The predicted molar refractivity (Wildman–Crippen MR) is 135 cm³/mol. The van der Waals surface area contributed by atoms with E-state index in [1.807, 2.05) is 12.1 Å². The van der Waals surface area contributed by atoms with Crippen LogP contribution in [0.4, 0.5) is 17.1 Å². The number of nitrogens with zero attached hydrogens (tertiary/aromatic N) is 1. The molecule has 0 fully saturated rings. The molecule has 0 saturated heterocycles. The Kier molecular flexibility index (Phi) is 5.13. The molecule has 0 N–H and O–H groups in total. The zero-order valence-electron chi connectivity index (χ0n) is 17.8. The van der Waals surface area contributed by atoms with E-state index in [0.29, 0.717) is 0 Å². The van der Waals surface area contributed by atoms with E-state index in [2.05, 4.69) is 104 Å². The Morgan fingerprint density at radius 1 is 0.613 bits per heavy atom. The van der Waals surface area contributed by atoms with Crippen LogP contribution in [0, 0.1) is 6.92 Å². The van der Waals surface area contributed by atoms with Gasteiger partial charge in [-0.05, 0) is 89.0 Å². The van der Waals surface area contributed by atoms with Crippen molar-refractivity contribution >= 4 is 50.2 Å². The summed E-state index contributed by atoms with van der Waals surface area (Å²) in [6, 6.07) is 34.7. The van der Waals surface area contributed by atoms with Crippen LogP contribution in [-0.2, 0) is 6.42 Å². The summed E-state index contributed by atoms with van der Waals surface area (Å²) in [6.07, 6.45) is 1.04. The molecule has 0 spiro atoms. The Hall–Kier alpha value is -3.29. The van der Waals surface area contributed by atoms with Crippen LogP contribution in [0.5, 0.6) is 0 Å². The van der Waals surface area contributed by atoms with E-state index in [4.69, 9.17) is 11.6 Å². The molecule has 0 aromatic heterocycles. The smallest absolute Gasteiger partial charge is 0.0468 e. The molecule has 5 aromatic carbocycles. The van der Waals surface area contributed by atoms with Gasteiger partial charge in [-0.3, -0.25) is 0 Å². The van der Waals surface area contributed by atoms with Crippen LogP contribution >= 0.6 is 11.6 Å². The van der Waals surface area contributed by atoms with Gasteiger partial charge in [0.05, 0.1) is 0 Å². The fourth-order valence-corrected chi connectivity index (χ4v) is 4.37. The van der Waals surface area contributed by atoms with Gasteiger partial charge in [-0.1, -0.05) is 72.6 Å². The van der Waals surface area contributed by atoms with Crippen molar-refractivity contribution in [2.24, 2.45) is 0 Å². The van der Waals surface area contributed by atoms with E-state index >= 15 is 0 Å². The standard InChI is InChI=1S/C29H24ClN/c1-3-21-6-13-26(14-7-21)31(25-11-4-20(2)5-12-25)27-15-17-29-23(19-27)9-8-22-18-24(30)10-16-28(22)29/h4-19H,3H2,1-2H3. The maximum Gasteiger partial charge on any atom is 0.0468 e. The normalized spacial score (nSPS) is 11.2. The number of fused-ring (bicyclic) bond motifs is 3. The molecule has 5 rings (SSSR count). The van der Waals surface area contributed by atoms with E-state index in [1.54, 1.807) is 0 Å². The number of anilines is 3. The Balaban J connectivity index is 1.68. The summed E-state index contributed by atoms with van der Waals surface area (Å²) >= 11 is 6.20. The summed E-state index contributed by atoms with van der Waals surface area (Å²) in [5.74, 6) is 0. The zero-order valence-corrected chi connectivity index (χ0v) is 18.5. The minimum Gasteiger partial charge on any atom is -0.310 e. The highest BCUT2D eigenvalue weighted by molar-refractivity contribution is 6.31. The summed E-state index contributed by atoms with van der Waals surface area (Å²) in [5, 5.41) is 5.61. The van der Waals surface area contributed by atoms with Crippen LogP contribution in [-0.4, -0.2) is 0 Å². The number of aryl methyl sites for hydroxylation is 2. The minimum absolute atomic E-state index is 0.768. The predicted octanol–water partition coefficient (Wildman–Crippen LogP) is 8.99. The van der Waals surface area contributed by atoms with Crippen LogP contribution in [0.1, 0.15) is 18.1 Å². The van der Waals surface area contributed by atoms with Gasteiger partial charge in [-0.25, -0.2) is 0 Å². The summed E-state index contributed by atoms with van der Waals surface area (Å²) in [5.41, 5.74) is 6.06. The number of benzene rings is 5. The molecule has 1 nitrogen and oxygen atoms in total. The zero-order chi connectivity index (χ0) is 21.4. The second kappa shape index (κ2) is 8.09. The molecule has 0 aliphatic carbocycles. The summed E-state index contributed by atoms with van der Waals surface area (Å²) in [6.45, 7) is 4.31. The highest BCUT2D eigenvalue weighted by Crippen LogP contribution is 2.37. The van der Waals surface area contributed by atoms with Gasteiger partial charge >= 0.3 is 0 Å². The van der Waals surface area contributed by atoms with Crippen LogP contribution in [0.15, 0.2) is 97.1 Å². The van der Waals surface area contributed by atoms with Gasteiger partial charge in [0.1, 0.15) is 0 Å². The van der Waals surface area contributed by atoms with Crippen molar-refractivity contribution in [2.45, 2.75) is 20.3 Å². The van der Waals surface area contributed by atoms with Gasteiger partial charge < -0.3 is 4.90 Å². The van der Waals surface area contributed by atoms with Gasteiger partial charge in [0.25, 0.3) is 0 Å². The molecule has 0 aliphatic heterocycles. The second-order valence-electron chi connectivity index (χ2n) is 8.03. The Bertz CT molecular complexity index is 1370. The quantitative estimate of drug-likeness (QED) is 0.261. The highest BCUT2D eigenvalue weighted by atomic mass is 35.5. The average molecular weight is 422 g/mol. The molecular formula is C29H24ClN. The highest BCUT2D eigenvalue weighted by Gasteiger charge is 2.13. The van der Waals surface area contributed by atoms with E-state index in [-0.39, 0.29) is 0 Å². The van der Waals surface area contributed by atoms with Gasteiger partial charge in [0.2, 0.25) is 0 Å². The monoisotopic (exact) mass is 421 g/mol. The second-order valence-corrected chi connectivity index (χ2v) is 8.46. The molecule has 5 aromatic rings. The van der Waals surface area contributed by atoms with Gasteiger partial charge in [0, 0.05) is 22.1 Å². The third kappa shape index (κ3) is 3.78. The summed E-state index contributed by atoms with van der Waals surface area (Å²) < 4.78 is 0. The fourth-order valence-electron chi connectivity index (χ4n) is 4.19. The lowest BCUT2D eigenvalue weighted by Crippen LogP contribution is -2.10. The first-order chi connectivity index (χ1) is 15.1. The lowest BCUT2D eigenvalue weighted by molar-refractivity contribution is 1.14. The molecule has 0 amide bonds. The number of hydrogen-bond acceptors (Lipinski definition) is 1. The molecule has 0 unspecified atom stereocenters. The Labute approximate surface area is 188 Å². The Morgan fingerprint density at radius 3 is 1.81 bits per heavy atom. The van der Waals surface area contributed by atoms with Crippen molar-refractivity contribution in [3.05, 3.63) is 113 Å². The molecule has 0 atom stereocenters. The maximum absolute atomic E-state index is 6.20. The first-order valence-electron chi connectivity index (χ1n) is 10.7. The molecule has 2 heteroatoms. The van der Waals surface area contributed by atoms with Crippen LogP contribution in [0.25, 0.3) is 21.5 Å². The van der Waals surface area contributed by atoms with E-state index in [9.17, 15) is 0 Å². The van der Waals surface area contributed by atoms with Crippen LogP contribution in [0.3, 0.4) is 0 Å². The van der Waals surface area contributed by atoms with Crippen molar-refractivity contribution in [2.75, 3.05) is 4.90 Å². The molecule has 0 aliphatic rings. The summed E-state index contributed by atoms with van der Waals surface area (Å²) in [4.78, 5) is 2.32. The lowest BCUT2D eigenvalue weighted by atomic mass is 10.0. The van der Waals surface area contributed by atoms with Crippen molar-refractivity contribution < 1.29 is 0 Å². The molecule has 0 radical (unpaired) electrons. The summed E-state index contributed by atoms with van der Waals surface area (Å²) in [7, 11) is 0. The van der Waals surface area contributed by atoms with Crippen molar-refractivity contribution in [3.8, 4) is 0 Å². The average Bonchev–Trinajstić information content (AvgIpc) is 2.80. The number of hydrogen-bond donors (Lipinski definition) is 0. The molecule has 0 heterocycles. The topological polar surface area (TPSA) is 3.24 Å². The van der Waals surface area contributed by atoms with Gasteiger partial charge in [0.15, 0.2) is 0 Å². The fraction of sp³-hybridized carbons (Fsp3) is 0.103. The Morgan fingerprint density at radius 2 is 1.16 bits per heavy atom. The van der Waals surface area contributed by atoms with Gasteiger partial charge in [-0.2, -0.15) is 0 Å². The molecular weight excluding hydrogens is 398 g/mol. The third-order valence-electron chi connectivity index (χ3n) is 5.93. The number of halogens is 1. The molecule has 152 valence electrons. The number of rotatable bonds is 4. The third-order valence-corrected chi connectivity index (χ3v) is 6.17. The van der Waals surface area contributed by atoms with E-state index < -0.39 is 0 Å². The molecule has 0 bridgehead atoms. The van der Waals surface area contributed by atoms with Crippen LogP contribution in [0.2, 0.25) is 5.02 Å². The van der Waals surface area contributed by atoms with Crippen molar-refractivity contribution in [3.63, 3.8) is 0 Å². The van der Waals surface area contributed by atoms with Crippen LogP contribution < -0.4 is 4.90 Å². The largest absolute Gasteiger partial charge is 0.310 e. The SMILES string of the molecule is CCc1ccc(N(c2ccc(C)cc2)c2ccc3c(ccc4cc(Cl)ccc43)c2)cc1. The first-order valence-corrected chi connectivity index (χ1v) is 11.1. The van der Waals surface area contributed by atoms with Gasteiger partial charge in [-0.15, -0.1) is 0 Å². The molecule has 0 saturated carbocycles. The van der Waals surface area contributed by atoms with E-state index in [1.165, 1.54) is 32.7 Å². The van der Waals surface area contributed by atoms with E-state index in [0.717, 1.165) is 28.5 Å².